The van der Waals surface area contributed by atoms with Crippen LogP contribution in [-0.2, 0) is 14.1 Å². The molecule has 0 aromatic heterocycles. The molecule has 0 aromatic carbocycles. The molecule has 7 nitrogen and oxygen atoms in total. The van der Waals surface area contributed by atoms with Crippen LogP contribution in [-0.4, -0.2) is 46.8 Å². The molecule has 0 bridgehead atoms. The molecule has 0 saturated carbocycles. The standard InChI is InChI=1S/C8H16NO6P/c1-15-3-2-6(5-16(12,13)14)4-7(9)8(10)11/h4,7H,2-3,5,9H2,1H3,(H,10,11)(H2,12,13,14)/b6-4-. The second-order valence-electron chi connectivity index (χ2n) is 3.25. The van der Waals surface area contributed by atoms with Crippen molar-refractivity contribution in [1.29, 1.82) is 0 Å². The van der Waals surface area contributed by atoms with Crippen LogP contribution >= 0.6 is 7.60 Å². The van der Waals surface area contributed by atoms with Gasteiger partial charge in [-0.05, 0) is 6.42 Å². The maximum absolute atomic E-state index is 10.8. The van der Waals surface area contributed by atoms with Crippen molar-refractivity contribution in [3.63, 3.8) is 0 Å². The minimum Gasteiger partial charge on any atom is -0.480 e. The fourth-order valence-electron chi connectivity index (χ4n) is 1.04. The lowest BCUT2D eigenvalue weighted by Gasteiger charge is -2.10. The van der Waals surface area contributed by atoms with Crippen LogP contribution in [0.4, 0.5) is 0 Å². The van der Waals surface area contributed by atoms with Gasteiger partial charge in [-0.3, -0.25) is 9.36 Å². The molecule has 0 radical (unpaired) electrons. The molecule has 0 fully saturated rings. The van der Waals surface area contributed by atoms with Gasteiger partial charge in [0.2, 0.25) is 0 Å². The van der Waals surface area contributed by atoms with E-state index >= 15 is 0 Å². The fourth-order valence-corrected chi connectivity index (χ4v) is 1.83. The zero-order chi connectivity index (χ0) is 12.8. The lowest BCUT2D eigenvalue weighted by molar-refractivity contribution is -0.137. The smallest absolute Gasteiger partial charge is 0.329 e. The van der Waals surface area contributed by atoms with Gasteiger partial charge in [0, 0.05) is 13.7 Å². The second kappa shape index (κ2) is 6.78. The quantitative estimate of drug-likeness (QED) is 0.356. The molecule has 0 aliphatic rings. The summed E-state index contributed by atoms with van der Waals surface area (Å²) in [6.07, 6.45) is 0.875. The number of carboxylic acid groups (broad SMARTS) is 1. The van der Waals surface area contributed by atoms with Gasteiger partial charge in [0.25, 0.3) is 0 Å². The van der Waals surface area contributed by atoms with Gasteiger partial charge >= 0.3 is 13.6 Å². The lowest BCUT2D eigenvalue weighted by atomic mass is 10.1. The topological polar surface area (TPSA) is 130 Å². The van der Waals surface area contributed by atoms with Crippen LogP contribution in [0, 0.1) is 0 Å². The van der Waals surface area contributed by atoms with Crippen LogP contribution in [0.25, 0.3) is 0 Å². The molecule has 94 valence electrons. The first-order chi connectivity index (χ1) is 7.26. The van der Waals surface area contributed by atoms with Crippen molar-refractivity contribution in [2.45, 2.75) is 12.5 Å². The van der Waals surface area contributed by atoms with Crippen molar-refractivity contribution in [3.05, 3.63) is 11.6 Å². The molecule has 0 aliphatic carbocycles. The second-order valence-corrected chi connectivity index (χ2v) is 4.90. The van der Waals surface area contributed by atoms with Gasteiger partial charge < -0.3 is 25.4 Å². The Labute approximate surface area is 93.1 Å². The monoisotopic (exact) mass is 253 g/mol. The lowest BCUT2D eigenvalue weighted by Crippen LogP contribution is -2.28. The molecule has 16 heavy (non-hydrogen) atoms. The van der Waals surface area contributed by atoms with Crippen LogP contribution in [0.15, 0.2) is 11.6 Å². The largest absolute Gasteiger partial charge is 0.480 e. The SMILES string of the molecule is COCC/C(=C/C(N)C(=O)O)CP(=O)(O)O. The highest BCUT2D eigenvalue weighted by atomic mass is 31.2. The van der Waals surface area contributed by atoms with Crippen molar-refractivity contribution in [2.75, 3.05) is 19.9 Å². The summed E-state index contributed by atoms with van der Waals surface area (Å²) >= 11 is 0. The number of carboxylic acids is 1. The molecule has 1 unspecified atom stereocenters. The van der Waals surface area contributed by atoms with Crippen molar-refractivity contribution in [3.8, 4) is 0 Å². The summed E-state index contributed by atoms with van der Waals surface area (Å²) in [6.45, 7) is 0.248. The van der Waals surface area contributed by atoms with E-state index < -0.39 is 25.8 Å². The number of aliphatic carboxylic acids is 1. The Balaban J connectivity index is 4.65. The molecular weight excluding hydrogens is 237 g/mol. The van der Waals surface area contributed by atoms with Gasteiger partial charge in [-0.2, -0.15) is 0 Å². The van der Waals surface area contributed by atoms with Crippen molar-refractivity contribution < 1.29 is 29.0 Å². The number of ether oxygens (including phenoxy) is 1. The Bertz CT molecular complexity index is 310. The highest BCUT2D eigenvalue weighted by Crippen LogP contribution is 2.37. The molecule has 0 aromatic rings. The van der Waals surface area contributed by atoms with E-state index in [1.807, 2.05) is 0 Å². The van der Waals surface area contributed by atoms with Crippen LogP contribution in [0.5, 0.6) is 0 Å². The molecule has 8 heteroatoms. The van der Waals surface area contributed by atoms with Crippen molar-refractivity contribution >= 4 is 13.6 Å². The van der Waals surface area contributed by atoms with Crippen molar-refractivity contribution in [1.82, 2.24) is 0 Å². The molecular formula is C8H16NO6P. The first kappa shape index (κ1) is 15.3. The number of rotatable bonds is 7. The van der Waals surface area contributed by atoms with Gasteiger partial charge in [-0.25, -0.2) is 0 Å². The predicted molar refractivity (Wildman–Crippen MR) is 57.1 cm³/mol. The van der Waals surface area contributed by atoms with E-state index in [1.54, 1.807) is 0 Å². The average Bonchev–Trinajstić information content (AvgIpc) is 2.11. The summed E-state index contributed by atoms with van der Waals surface area (Å²) in [6, 6.07) is -1.27. The Morgan fingerprint density at radius 3 is 2.50 bits per heavy atom. The molecule has 5 N–H and O–H groups in total. The van der Waals surface area contributed by atoms with E-state index in [9.17, 15) is 9.36 Å². The Morgan fingerprint density at radius 2 is 2.12 bits per heavy atom. The molecule has 0 amide bonds. The highest BCUT2D eigenvalue weighted by Gasteiger charge is 2.18. The highest BCUT2D eigenvalue weighted by molar-refractivity contribution is 7.52. The maximum atomic E-state index is 10.8. The first-order valence-electron chi connectivity index (χ1n) is 4.47. The molecule has 0 rings (SSSR count). The summed E-state index contributed by atoms with van der Waals surface area (Å²) < 4.78 is 15.5. The van der Waals surface area contributed by atoms with E-state index in [-0.39, 0.29) is 18.6 Å². The van der Waals surface area contributed by atoms with Crippen LogP contribution in [0.3, 0.4) is 0 Å². The number of nitrogens with two attached hydrogens (primary N) is 1. The molecule has 0 heterocycles. The van der Waals surface area contributed by atoms with Gasteiger partial charge in [0.05, 0.1) is 6.16 Å². The molecule has 1 atom stereocenters. The summed E-state index contributed by atoms with van der Waals surface area (Å²) in [5, 5.41) is 8.56. The zero-order valence-electron chi connectivity index (χ0n) is 8.87. The molecule has 0 saturated heterocycles. The summed E-state index contributed by atoms with van der Waals surface area (Å²) in [5.41, 5.74) is 5.52. The van der Waals surface area contributed by atoms with Crippen LogP contribution in [0.2, 0.25) is 0 Å². The van der Waals surface area contributed by atoms with E-state index in [0.717, 1.165) is 6.08 Å². The minimum atomic E-state index is -4.22. The summed E-state index contributed by atoms with van der Waals surface area (Å²) in [5.74, 6) is -1.25. The first-order valence-corrected chi connectivity index (χ1v) is 6.27. The minimum absolute atomic E-state index is 0.239. The number of carbonyl (C=O) groups is 1. The third kappa shape index (κ3) is 7.56. The third-order valence-corrected chi connectivity index (χ3v) is 2.55. The van der Waals surface area contributed by atoms with Gasteiger partial charge in [0.1, 0.15) is 6.04 Å². The average molecular weight is 253 g/mol. The Hall–Kier alpha value is -0.720. The summed E-state index contributed by atoms with van der Waals surface area (Å²) in [7, 11) is -2.78. The zero-order valence-corrected chi connectivity index (χ0v) is 9.76. The number of hydrogen-bond donors (Lipinski definition) is 4. The predicted octanol–water partition coefficient (Wildman–Crippen LogP) is -0.461. The third-order valence-electron chi connectivity index (χ3n) is 1.74. The number of methoxy groups -OCH3 is 1. The van der Waals surface area contributed by atoms with Crippen LogP contribution in [0.1, 0.15) is 6.42 Å². The summed E-state index contributed by atoms with van der Waals surface area (Å²) in [4.78, 5) is 28.0. The number of hydrogen-bond acceptors (Lipinski definition) is 4. The van der Waals surface area contributed by atoms with Crippen molar-refractivity contribution in [2.24, 2.45) is 5.73 Å². The van der Waals surface area contributed by atoms with Gasteiger partial charge in [0.15, 0.2) is 0 Å². The van der Waals surface area contributed by atoms with E-state index in [2.05, 4.69) is 0 Å². The van der Waals surface area contributed by atoms with E-state index in [4.69, 9.17) is 25.4 Å². The van der Waals surface area contributed by atoms with E-state index in [0.29, 0.717) is 0 Å². The van der Waals surface area contributed by atoms with Crippen LogP contribution < -0.4 is 5.73 Å². The Kier molecular flexibility index (Phi) is 6.47. The molecule has 0 spiro atoms. The fraction of sp³-hybridized carbons (Fsp3) is 0.625. The maximum Gasteiger partial charge on any atom is 0.329 e. The molecule has 0 aliphatic heterocycles. The van der Waals surface area contributed by atoms with E-state index in [1.165, 1.54) is 7.11 Å². The van der Waals surface area contributed by atoms with Gasteiger partial charge in [-0.1, -0.05) is 11.6 Å². The normalized spacial score (nSPS) is 14.9. The van der Waals surface area contributed by atoms with Gasteiger partial charge in [-0.15, -0.1) is 0 Å². The Morgan fingerprint density at radius 1 is 1.56 bits per heavy atom.